The summed E-state index contributed by atoms with van der Waals surface area (Å²) in [6, 6.07) is 1.46. The first kappa shape index (κ1) is 25.7. The lowest BCUT2D eigenvalue weighted by molar-refractivity contribution is -0.121. The summed E-state index contributed by atoms with van der Waals surface area (Å²) in [5.74, 6) is 1.81. The van der Waals surface area contributed by atoms with Crippen molar-refractivity contribution in [1.82, 2.24) is 26.2 Å². The molecule has 2 fully saturated rings. The molecular formula is C28H46N6O2. The van der Waals surface area contributed by atoms with Crippen molar-refractivity contribution in [2.24, 2.45) is 10.9 Å². The molecule has 1 saturated carbocycles. The van der Waals surface area contributed by atoms with Gasteiger partial charge in [0.1, 0.15) is 0 Å². The zero-order valence-electron chi connectivity index (χ0n) is 21.9. The van der Waals surface area contributed by atoms with Gasteiger partial charge in [0.05, 0.1) is 13.2 Å². The summed E-state index contributed by atoms with van der Waals surface area (Å²) in [5.41, 5.74) is 2.56. The molecule has 0 aromatic carbocycles. The lowest BCUT2D eigenvalue weighted by Gasteiger charge is -2.37. The molecular weight excluding hydrogens is 452 g/mol. The maximum atomic E-state index is 12.5. The molecule has 0 aromatic rings. The van der Waals surface area contributed by atoms with Crippen LogP contribution in [0.25, 0.3) is 0 Å². The Labute approximate surface area is 216 Å². The summed E-state index contributed by atoms with van der Waals surface area (Å²) in [7, 11) is 0. The minimum absolute atomic E-state index is 0.190. The Kier molecular flexibility index (Phi) is 9.34. The number of guanidine groups is 1. The Morgan fingerprint density at radius 1 is 1.11 bits per heavy atom. The molecule has 5 aliphatic rings. The monoisotopic (exact) mass is 498 g/mol. The third-order valence-corrected chi connectivity index (χ3v) is 8.69. The van der Waals surface area contributed by atoms with Gasteiger partial charge in [-0.1, -0.05) is 17.7 Å². The van der Waals surface area contributed by atoms with Gasteiger partial charge in [0.25, 0.3) is 0 Å². The predicted molar refractivity (Wildman–Crippen MR) is 144 cm³/mol. The number of morpholine rings is 1. The number of hydrogen-bond acceptors (Lipinski definition) is 7. The number of ether oxygens (including phenoxy) is 1. The van der Waals surface area contributed by atoms with E-state index in [0.29, 0.717) is 30.5 Å². The van der Waals surface area contributed by atoms with E-state index in [-0.39, 0.29) is 5.91 Å². The van der Waals surface area contributed by atoms with Crippen LogP contribution in [-0.4, -0.2) is 80.8 Å². The Morgan fingerprint density at radius 2 is 1.97 bits per heavy atom. The molecule has 0 spiro atoms. The molecule has 2 aliphatic carbocycles. The second-order valence-corrected chi connectivity index (χ2v) is 11.2. The SMILES string of the molecule is O=C(CC1=CCCNC1)NC1CCC(C2CCN=C(NC3=CC[C@@H](N4CCOCC4)CCC3)N2)CC1. The minimum atomic E-state index is 0.190. The topological polar surface area (TPSA) is 90.0 Å². The fourth-order valence-corrected chi connectivity index (χ4v) is 6.59. The first-order chi connectivity index (χ1) is 17.7. The van der Waals surface area contributed by atoms with Gasteiger partial charge in [-0.25, -0.2) is 0 Å². The molecule has 0 bridgehead atoms. The Morgan fingerprint density at radius 3 is 2.78 bits per heavy atom. The van der Waals surface area contributed by atoms with Crippen LogP contribution < -0.4 is 21.3 Å². The van der Waals surface area contributed by atoms with Gasteiger partial charge in [0.15, 0.2) is 5.96 Å². The van der Waals surface area contributed by atoms with E-state index in [1.165, 1.54) is 37.0 Å². The van der Waals surface area contributed by atoms with Gasteiger partial charge in [-0.3, -0.25) is 14.7 Å². The molecule has 200 valence electrons. The molecule has 3 heterocycles. The summed E-state index contributed by atoms with van der Waals surface area (Å²) in [4.78, 5) is 19.9. The van der Waals surface area contributed by atoms with Crippen LogP contribution in [0, 0.1) is 5.92 Å². The maximum Gasteiger partial charge on any atom is 0.224 e. The maximum absolute atomic E-state index is 12.5. The average molecular weight is 499 g/mol. The van der Waals surface area contributed by atoms with Gasteiger partial charge in [-0.2, -0.15) is 0 Å². The molecule has 4 N–H and O–H groups in total. The van der Waals surface area contributed by atoms with Crippen molar-refractivity contribution in [3.63, 3.8) is 0 Å². The van der Waals surface area contributed by atoms with Crippen LogP contribution in [0.15, 0.2) is 28.4 Å². The molecule has 0 aromatic heterocycles. The Balaban J connectivity index is 1.04. The van der Waals surface area contributed by atoms with Crippen molar-refractivity contribution in [2.45, 2.75) is 88.8 Å². The third-order valence-electron chi connectivity index (χ3n) is 8.69. The standard InChI is InChI=1S/C28H46N6O2/c35-27(19-21-3-2-13-29-20-21)31-24-8-6-22(7-9-24)26-12-14-30-28(33-26)32-23-4-1-5-25(11-10-23)34-15-17-36-18-16-34/h3,10,22,24-26,29H,1-2,4-9,11-20H2,(H,31,35)(H2,30,32,33)/t22?,24?,25-,26?/m0/s1. The van der Waals surface area contributed by atoms with E-state index < -0.39 is 0 Å². The smallest absolute Gasteiger partial charge is 0.224 e. The molecule has 1 saturated heterocycles. The van der Waals surface area contributed by atoms with Gasteiger partial charge >= 0.3 is 0 Å². The van der Waals surface area contributed by atoms with Gasteiger partial charge in [-0.15, -0.1) is 0 Å². The quantitative estimate of drug-likeness (QED) is 0.421. The zero-order chi connectivity index (χ0) is 24.6. The van der Waals surface area contributed by atoms with Crippen molar-refractivity contribution in [3.05, 3.63) is 23.4 Å². The number of nitrogens with zero attached hydrogens (tertiary/aromatic N) is 2. The highest BCUT2D eigenvalue weighted by atomic mass is 16.5. The van der Waals surface area contributed by atoms with E-state index in [4.69, 9.17) is 9.73 Å². The number of allylic oxidation sites excluding steroid dienone is 1. The number of amides is 1. The number of carbonyl (C=O) groups is 1. The van der Waals surface area contributed by atoms with Crippen molar-refractivity contribution in [3.8, 4) is 0 Å². The fraction of sp³-hybridized carbons (Fsp3) is 0.786. The second kappa shape index (κ2) is 13.1. The highest BCUT2D eigenvalue weighted by Gasteiger charge is 2.30. The van der Waals surface area contributed by atoms with Gasteiger partial charge in [0.2, 0.25) is 5.91 Å². The molecule has 8 heteroatoms. The van der Waals surface area contributed by atoms with Gasteiger partial charge < -0.3 is 26.0 Å². The number of nitrogens with one attached hydrogen (secondary N) is 4. The summed E-state index contributed by atoms with van der Waals surface area (Å²) in [6.07, 6.45) is 16.5. The molecule has 0 radical (unpaired) electrons. The van der Waals surface area contributed by atoms with Crippen molar-refractivity contribution in [1.29, 1.82) is 0 Å². The van der Waals surface area contributed by atoms with E-state index in [2.05, 4.69) is 38.3 Å². The highest BCUT2D eigenvalue weighted by Crippen LogP contribution is 2.29. The third kappa shape index (κ3) is 7.33. The number of hydrogen-bond donors (Lipinski definition) is 4. The molecule has 3 aliphatic heterocycles. The molecule has 1 unspecified atom stereocenters. The zero-order valence-corrected chi connectivity index (χ0v) is 21.9. The van der Waals surface area contributed by atoms with E-state index >= 15 is 0 Å². The number of rotatable bonds is 6. The summed E-state index contributed by atoms with van der Waals surface area (Å²) >= 11 is 0. The van der Waals surface area contributed by atoms with Crippen molar-refractivity contribution < 1.29 is 9.53 Å². The van der Waals surface area contributed by atoms with Gasteiger partial charge in [-0.05, 0) is 76.7 Å². The van der Waals surface area contributed by atoms with Crippen LogP contribution in [0.1, 0.15) is 70.6 Å². The Bertz CT molecular complexity index is 826. The average Bonchev–Trinajstić information content (AvgIpc) is 3.16. The summed E-state index contributed by atoms with van der Waals surface area (Å²) in [5, 5.41) is 14.1. The first-order valence-electron chi connectivity index (χ1n) is 14.5. The fourth-order valence-electron chi connectivity index (χ4n) is 6.59. The normalized spacial score (nSPS) is 32.3. The van der Waals surface area contributed by atoms with E-state index in [1.807, 2.05) is 0 Å². The van der Waals surface area contributed by atoms with Crippen LogP contribution in [0.4, 0.5) is 0 Å². The Hall–Kier alpha value is -1.90. The summed E-state index contributed by atoms with van der Waals surface area (Å²) < 4.78 is 5.54. The van der Waals surface area contributed by atoms with Crippen LogP contribution in [0.2, 0.25) is 0 Å². The predicted octanol–water partition coefficient (Wildman–Crippen LogP) is 2.44. The summed E-state index contributed by atoms with van der Waals surface area (Å²) in [6.45, 7) is 6.66. The number of aliphatic imine (C=N–C) groups is 1. The van der Waals surface area contributed by atoms with Crippen LogP contribution in [0.5, 0.6) is 0 Å². The molecule has 36 heavy (non-hydrogen) atoms. The molecule has 2 atom stereocenters. The minimum Gasteiger partial charge on any atom is -0.379 e. The van der Waals surface area contributed by atoms with E-state index in [9.17, 15) is 4.79 Å². The van der Waals surface area contributed by atoms with Crippen LogP contribution in [0.3, 0.4) is 0 Å². The highest BCUT2D eigenvalue weighted by molar-refractivity contribution is 5.82. The molecule has 5 rings (SSSR count). The van der Waals surface area contributed by atoms with Crippen LogP contribution in [-0.2, 0) is 9.53 Å². The number of carbonyl (C=O) groups excluding carboxylic acids is 1. The second-order valence-electron chi connectivity index (χ2n) is 11.2. The lowest BCUT2D eigenvalue weighted by atomic mass is 9.80. The first-order valence-corrected chi connectivity index (χ1v) is 14.5. The van der Waals surface area contributed by atoms with Crippen molar-refractivity contribution in [2.75, 3.05) is 45.9 Å². The van der Waals surface area contributed by atoms with E-state index in [0.717, 1.165) is 90.4 Å². The largest absolute Gasteiger partial charge is 0.379 e. The van der Waals surface area contributed by atoms with Crippen molar-refractivity contribution >= 4 is 11.9 Å². The van der Waals surface area contributed by atoms with Gasteiger partial charge in [0, 0.05) is 56.4 Å². The van der Waals surface area contributed by atoms with E-state index in [1.54, 1.807) is 0 Å². The molecule has 1 amide bonds. The van der Waals surface area contributed by atoms with Crippen LogP contribution >= 0.6 is 0 Å². The lowest BCUT2D eigenvalue weighted by Crippen LogP contribution is -2.51. The molecule has 8 nitrogen and oxygen atoms in total.